The number of hydrogen-bond donors (Lipinski definition) is 0. The van der Waals surface area contributed by atoms with Crippen molar-refractivity contribution in [2.24, 2.45) is 0 Å². The lowest BCUT2D eigenvalue weighted by Crippen LogP contribution is -1.97. The van der Waals surface area contributed by atoms with Gasteiger partial charge in [-0.3, -0.25) is 4.79 Å². The number of Topliss-reactive ketones (excluding diaryl/α,β-unsaturated/α-hetero) is 1. The fraction of sp³-hybridized carbons (Fsp3) is 0.364. The molecule has 0 aliphatic carbocycles. The molecule has 0 spiro atoms. The predicted octanol–water partition coefficient (Wildman–Crippen LogP) is 3.39. The van der Waals surface area contributed by atoms with E-state index in [4.69, 9.17) is 0 Å². The van der Waals surface area contributed by atoms with Crippen LogP contribution in [0.25, 0.3) is 0 Å². The molecule has 1 nitrogen and oxygen atoms in total. The number of alkyl halides is 2. The van der Waals surface area contributed by atoms with Gasteiger partial charge in [-0.15, -0.1) is 0 Å². The Labute approximate surface area is 81.7 Å². The average molecular weight is 198 g/mol. The van der Waals surface area contributed by atoms with Gasteiger partial charge in [0.05, 0.1) is 0 Å². The van der Waals surface area contributed by atoms with E-state index in [1.165, 1.54) is 19.1 Å². The number of benzene rings is 1. The zero-order valence-electron chi connectivity index (χ0n) is 8.18. The van der Waals surface area contributed by atoms with Crippen LogP contribution in [0.5, 0.6) is 0 Å². The van der Waals surface area contributed by atoms with E-state index in [1.54, 1.807) is 6.07 Å². The zero-order chi connectivity index (χ0) is 10.7. The van der Waals surface area contributed by atoms with Crippen LogP contribution in [0.15, 0.2) is 18.2 Å². The van der Waals surface area contributed by atoms with E-state index in [-0.39, 0.29) is 11.3 Å². The molecule has 0 aliphatic rings. The Morgan fingerprint density at radius 3 is 2.43 bits per heavy atom. The van der Waals surface area contributed by atoms with Crippen molar-refractivity contribution in [2.45, 2.75) is 26.7 Å². The molecular weight excluding hydrogens is 186 g/mol. The molecule has 0 saturated heterocycles. The van der Waals surface area contributed by atoms with Crippen molar-refractivity contribution in [3.8, 4) is 0 Å². The number of ketones is 1. The summed E-state index contributed by atoms with van der Waals surface area (Å²) in [5, 5.41) is 0. The molecule has 0 amide bonds. The molecule has 0 atom stereocenters. The highest BCUT2D eigenvalue weighted by Crippen LogP contribution is 2.22. The third-order valence-corrected chi connectivity index (χ3v) is 2.08. The average Bonchev–Trinajstić information content (AvgIpc) is 2.16. The highest BCUT2D eigenvalue weighted by atomic mass is 19.3. The maximum absolute atomic E-state index is 12.4. The smallest absolute Gasteiger partial charge is 0.263 e. The second kappa shape index (κ2) is 4.31. The standard InChI is InChI=1S/C11H12F2O/c1-3-8-4-9(7(2)14)6-10(5-8)11(12)13/h4-6,11H,3H2,1-2H3. The van der Waals surface area contributed by atoms with E-state index >= 15 is 0 Å². The molecular formula is C11H12F2O. The number of carbonyl (C=O) groups excluding carboxylic acids is 1. The second-order valence-electron chi connectivity index (χ2n) is 3.17. The fourth-order valence-electron chi connectivity index (χ4n) is 1.25. The van der Waals surface area contributed by atoms with Gasteiger partial charge >= 0.3 is 0 Å². The second-order valence-corrected chi connectivity index (χ2v) is 3.17. The molecule has 0 fully saturated rings. The minimum absolute atomic E-state index is 0.0745. The lowest BCUT2D eigenvalue weighted by molar-refractivity contribution is 0.101. The van der Waals surface area contributed by atoms with Crippen molar-refractivity contribution < 1.29 is 13.6 Å². The first-order valence-electron chi connectivity index (χ1n) is 4.47. The summed E-state index contributed by atoms with van der Waals surface area (Å²) < 4.78 is 24.8. The molecule has 0 N–H and O–H groups in total. The van der Waals surface area contributed by atoms with Gasteiger partial charge in [-0.05, 0) is 31.0 Å². The van der Waals surface area contributed by atoms with Crippen LogP contribution in [0, 0.1) is 0 Å². The summed E-state index contributed by atoms with van der Waals surface area (Å²) in [7, 11) is 0. The molecule has 1 aromatic rings. The van der Waals surface area contributed by atoms with E-state index in [9.17, 15) is 13.6 Å². The first kappa shape index (κ1) is 10.8. The molecule has 1 aromatic carbocycles. The molecule has 0 saturated carbocycles. The Hall–Kier alpha value is -1.25. The van der Waals surface area contributed by atoms with Gasteiger partial charge in [0.15, 0.2) is 5.78 Å². The normalized spacial score (nSPS) is 10.6. The lowest BCUT2D eigenvalue weighted by Gasteiger charge is -2.05. The quantitative estimate of drug-likeness (QED) is 0.680. The number of rotatable bonds is 3. The van der Waals surface area contributed by atoms with Gasteiger partial charge < -0.3 is 0 Å². The molecule has 0 aromatic heterocycles. The number of aryl methyl sites for hydroxylation is 1. The monoisotopic (exact) mass is 198 g/mol. The number of carbonyl (C=O) groups is 1. The Morgan fingerprint density at radius 1 is 1.36 bits per heavy atom. The van der Waals surface area contributed by atoms with Gasteiger partial charge in [-0.2, -0.15) is 0 Å². The SMILES string of the molecule is CCc1cc(C(C)=O)cc(C(F)F)c1. The van der Waals surface area contributed by atoms with Crippen LogP contribution >= 0.6 is 0 Å². The Balaban J connectivity index is 3.20. The third-order valence-electron chi connectivity index (χ3n) is 2.08. The number of hydrogen-bond acceptors (Lipinski definition) is 1. The largest absolute Gasteiger partial charge is 0.295 e. The highest BCUT2D eigenvalue weighted by molar-refractivity contribution is 5.94. The molecule has 0 heterocycles. The summed E-state index contributed by atoms with van der Waals surface area (Å²) >= 11 is 0. The Morgan fingerprint density at radius 2 is 2.00 bits per heavy atom. The van der Waals surface area contributed by atoms with Crippen LogP contribution in [0.4, 0.5) is 8.78 Å². The maximum atomic E-state index is 12.4. The maximum Gasteiger partial charge on any atom is 0.263 e. The molecule has 1 rings (SSSR count). The highest BCUT2D eigenvalue weighted by Gasteiger charge is 2.10. The molecule has 14 heavy (non-hydrogen) atoms. The van der Waals surface area contributed by atoms with Crippen molar-refractivity contribution in [1.82, 2.24) is 0 Å². The van der Waals surface area contributed by atoms with Gasteiger partial charge in [0.1, 0.15) is 0 Å². The van der Waals surface area contributed by atoms with Crippen molar-refractivity contribution in [3.05, 3.63) is 34.9 Å². The Bertz CT molecular complexity index is 345. The Kier molecular flexibility index (Phi) is 3.33. The van der Waals surface area contributed by atoms with Crippen molar-refractivity contribution in [2.75, 3.05) is 0 Å². The lowest BCUT2D eigenvalue weighted by atomic mass is 10.0. The van der Waals surface area contributed by atoms with Crippen molar-refractivity contribution in [3.63, 3.8) is 0 Å². The van der Waals surface area contributed by atoms with E-state index in [1.807, 2.05) is 6.92 Å². The van der Waals surface area contributed by atoms with Crippen LogP contribution in [-0.4, -0.2) is 5.78 Å². The van der Waals surface area contributed by atoms with Gasteiger partial charge in [-0.1, -0.05) is 13.0 Å². The summed E-state index contributed by atoms with van der Waals surface area (Å²) in [4.78, 5) is 11.0. The minimum atomic E-state index is -2.51. The molecule has 3 heteroatoms. The van der Waals surface area contributed by atoms with Crippen LogP contribution < -0.4 is 0 Å². The third kappa shape index (κ3) is 2.37. The zero-order valence-corrected chi connectivity index (χ0v) is 8.18. The molecule has 76 valence electrons. The first-order valence-corrected chi connectivity index (χ1v) is 4.47. The predicted molar refractivity (Wildman–Crippen MR) is 50.8 cm³/mol. The van der Waals surface area contributed by atoms with Crippen LogP contribution in [0.3, 0.4) is 0 Å². The summed E-state index contributed by atoms with van der Waals surface area (Å²) in [6, 6.07) is 4.36. The van der Waals surface area contributed by atoms with Crippen LogP contribution in [0.1, 0.15) is 41.8 Å². The summed E-state index contributed by atoms with van der Waals surface area (Å²) in [6.07, 6.45) is -1.86. The summed E-state index contributed by atoms with van der Waals surface area (Å²) in [5.74, 6) is -0.179. The van der Waals surface area contributed by atoms with Gasteiger partial charge in [-0.25, -0.2) is 8.78 Å². The van der Waals surface area contributed by atoms with E-state index in [0.717, 1.165) is 5.56 Å². The van der Waals surface area contributed by atoms with Crippen LogP contribution in [0.2, 0.25) is 0 Å². The molecule has 0 bridgehead atoms. The molecule has 0 radical (unpaired) electrons. The minimum Gasteiger partial charge on any atom is -0.295 e. The van der Waals surface area contributed by atoms with Gasteiger partial charge in [0.2, 0.25) is 0 Å². The fourth-order valence-corrected chi connectivity index (χ4v) is 1.25. The first-order chi connectivity index (χ1) is 6.54. The number of halogens is 2. The summed E-state index contributed by atoms with van der Waals surface area (Å²) in [6.45, 7) is 3.25. The van der Waals surface area contributed by atoms with Crippen molar-refractivity contribution in [1.29, 1.82) is 0 Å². The topological polar surface area (TPSA) is 17.1 Å². The van der Waals surface area contributed by atoms with Gasteiger partial charge in [0, 0.05) is 11.1 Å². The molecule has 0 unspecified atom stereocenters. The van der Waals surface area contributed by atoms with E-state index in [2.05, 4.69) is 0 Å². The van der Waals surface area contributed by atoms with Crippen molar-refractivity contribution >= 4 is 5.78 Å². The molecule has 0 aliphatic heterocycles. The van der Waals surface area contributed by atoms with E-state index in [0.29, 0.717) is 12.0 Å². The van der Waals surface area contributed by atoms with Crippen LogP contribution in [-0.2, 0) is 6.42 Å². The van der Waals surface area contributed by atoms with Gasteiger partial charge in [0.25, 0.3) is 6.43 Å². The van der Waals surface area contributed by atoms with E-state index < -0.39 is 6.43 Å². The summed E-state index contributed by atoms with van der Waals surface area (Å²) in [5.41, 5.74) is 1.06.